The molecule has 2 unspecified atom stereocenters. The molecule has 5 fully saturated rings. The van der Waals surface area contributed by atoms with Crippen LogP contribution >= 0.6 is 0 Å². The number of amides is 1. The summed E-state index contributed by atoms with van der Waals surface area (Å²) < 4.78 is 57.3. The number of carbonyl (C=O) groups excluding carboxylic acids is 4. The number of carbonyl (C=O) groups is 4. The second-order valence-electron chi connectivity index (χ2n) is 22.4. The Morgan fingerprint density at radius 1 is 0.957 bits per heavy atom. The van der Waals surface area contributed by atoms with E-state index in [4.69, 9.17) is 42.6 Å². The van der Waals surface area contributed by atoms with Crippen molar-refractivity contribution < 1.29 is 72.0 Å². The van der Waals surface area contributed by atoms with Gasteiger partial charge in [-0.1, -0.05) is 51.5 Å². The van der Waals surface area contributed by atoms with E-state index in [-0.39, 0.29) is 36.7 Å². The highest BCUT2D eigenvalue weighted by Crippen LogP contribution is 2.70. The summed E-state index contributed by atoms with van der Waals surface area (Å²) in [5.41, 5.74) is -5.16. The van der Waals surface area contributed by atoms with Crippen LogP contribution in [-0.4, -0.2) is 126 Å². The maximum absolute atomic E-state index is 15.5. The number of hydrogen-bond donors (Lipinski definition) is 2. The van der Waals surface area contributed by atoms with Gasteiger partial charge in [0.1, 0.15) is 41.5 Å². The number of nitrogens with zero attached hydrogens (tertiary/aromatic N) is 1. The van der Waals surface area contributed by atoms with Gasteiger partial charge in [0.2, 0.25) is 0 Å². The Hall–Kier alpha value is -4.58. The largest absolute Gasteiger partial charge is 0.497 e. The van der Waals surface area contributed by atoms with Gasteiger partial charge in [-0.05, 0) is 102 Å². The molecular weight excluding hydrogens is 903 g/mol. The zero-order chi connectivity index (χ0) is 51.0. The van der Waals surface area contributed by atoms with Crippen molar-refractivity contribution in [2.24, 2.45) is 28.6 Å². The Morgan fingerprint density at radius 2 is 1.66 bits per heavy atom. The SMILES string of the molecule is CCC1O[C@H]2C[C@H]3OC[C@@]3(OC(C)=O)[C@H]3[C@H](OC(=O)c4ccccc4)[C@]4(C(C)(C)O)C[C@H](CC(=O)[C@@H]5OC(c6ccc(OC)cc6OC)N(C(=O)OC(C)(C)C)[C@H]5CC(C)C)C(C)=C4[C@H](O)[C@H](O1)[C@]23C. The van der Waals surface area contributed by atoms with Gasteiger partial charge < -0.3 is 52.8 Å². The van der Waals surface area contributed by atoms with Crippen LogP contribution in [-0.2, 0) is 42.7 Å². The molecule has 16 nitrogen and oxygen atoms in total. The van der Waals surface area contributed by atoms with Gasteiger partial charge in [0.25, 0.3) is 0 Å². The molecule has 3 aliphatic carbocycles. The summed E-state index contributed by atoms with van der Waals surface area (Å²) in [4.78, 5) is 59.5. The summed E-state index contributed by atoms with van der Waals surface area (Å²) in [6, 6.07) is 12.9. The van der Waals surface area contributed by atoms with Gasteiger partial charge in [0.05, 0.1) is 61.6 Å². The van der Waals surface area contributed by atoms with Crippen molar-refractivity contribution in [2.75, 3.05) is 20.8 Å². The average Bonchev–Trinajstić information content (AvgIpc) is 3.78. The number of aliphatic hydroxyl groups is 2. The van der Waals surface area contributed by atoms with Gasteiger partial charge in [-0.25, -0.2) is 9.59 Å². The molecule has 14 atom stereocenters. The standard InChI is InChI=1S/C54H73NO15/c1-14-40-65-38-25-39-54(27-64-39,69-30(5)56)44-46(68-48(59)31-18-16-15-17-19-31)53(51(9,10)61)26-32(29(4)41(53)42(58)45(66-40)52(38,44)11)23-36(57)43-35(22-28(2)3)55(49(60)70-50(6,7)8)47(67-43)34-21-20-33(62-12)24-37(34)63-13/h15-21,24,28,32,35,38-40,42-47,58,61H,14,22-23,25-27H2,1-13H3/t32-,35-,38-,39+,40?,42-,43+,44-,45-,46-,47?,52+,53-,54-/m0/s1. The van der Waals surface area contributed by atoms with Crippen LogP contribution in [0.25, 0.3) is 0 Å². The highest BCUT2D eigenvalue weighted by molar-refractivity contribution is 5.89. The summed E-state index contributed by atoms with van der Waals surface area (Å²) in [6.07, 6.45) is -7.73. The lowest BCUT2D eigenvalue weighted by Gasteiger charge is -2.67. The van der Waals surface area contributed by atoms with Gasteiger partial charge in [-0.3, -0.25) is 14.5 Å². The fraction of sp³-hybridized carbons (Fsp3) is 0.667. The lowest BCUT2D eigenvalue weighted by atomic mass is 9.49. The lowest BCUT2D eigenvalue weighted by molar-refractivity contribution is -0.398. The zero-order valence-corrected chi connectivity index (χ0v) is 42.9. The highest BCUT2D eigenvalue weighted by atomic mass is 16.7. The Kier molecular flexibility index (Phi) is 13.9. The molecule has 16 heteroatoms. The molecule has 0 spiro atoms. The van der Waals surface area contributed by atoms with E-state index in [2.05, 4.69) is 0 Å². The molecule has 3 aliphatic heterocycles. The third-order valence-corrected chi connectivity index (χ3v) is 16.1. The average molecular weight is 976 g/mol. The van der Waals surface area contributed by atoms with Crippen molar-refractivity contribution in [1.29, 1.82) is 0 Å². The van der Waals surface area contributed by atoms with Crippen LogP contribution in [0.5, 0.6) is 11.5 Å². The summed E-state index contributed by atoms with van der Waals surface area (Å²) in [5, 5.41) is 26.4. The van der Waals surface area contributed by atoms with E-state index >= 15 is 4.79 Å². The first kappa shape index (κ1) is 51.8. The van der Waals surface area contributed by atoms with Gasteiger partial charge in [-0.15, -0.1) is 0 Å². The molecule has 6 aliphatic rings. The summed E-state index contributed by atoms with van der Waals surface area (Å²) >= 11 is 0. The number of rotatable bonds is 13. The van der Waals surface area contributed by atoms with E-state index in [1.54, 1.807) is 83.1 Å². The van der Waals surface area contributed by atoms with Crippen LogP contribution in [0.15, 0.2) is 59.7 Å². The lowest BCUT2D eigenvalue weighted by Crippen LogP contribution is -2.80. The first-order chi connectivity index (χ1) is 32.9. The van der Waals surface area contributed by atoms with Crippen LogP contribution in [0.1, 0.15) is 130 Å². The van der Waals surface area contributed by atoms with Crippen molar-refractivity contribution >= 4 is 23.8 Å². The normalized spacial score (nSPS) is 35.7. The number of fused-ring (bicyclic) bond motifs is 3. The molecule has 2 aromatic carbocycles. The Bertz CT molecular complexity index is 2360. The summed E-state index contributed by atoms with van der Waals surface area (Å²) in [5.74, 6) is -2.34. The number of Topliss-reactive ketones (excluding diaryl/α,β-unsaturated/α-hetero) is 1. The Morgan fingerprint density at radius 3 is 2.23 bits per heavy atom. The molecule has 2 saturated carbocycles. The molecule has 384 valence electrons. The molecule has 3 heterocycles. The highest BCUT2D eigenvalue weighted by Gasteiger charge is 2.80. The molecule has 70 heavy (non-hydrogen) atoms. The monoisotopic (exact) mass is 975 g/mol. The number of ketones is 1. The molecule has 0 bridgehead atoms. The quantitative estimate of drug-likeness (QED) is 0.113. The summed E-state index contributed by atoms with van der Waals surface area (Å²) in [7, 11) is 3.04. The van der Waals surface area contributed by atoms with Gasteiger partial charge in [0, 0.05) is 36.8 Å². The van der Waals surface area contributed by atoms with Crippen molar-refractivity contribution in [3.8, 4) is 11.5 Å². The predicted molar refractivity (Wildman–Crippen MR) is 254 cm³/mol. The molecule has 1 amide bonds. The fourth-order valence-electron chi connectivity index (χ4n) is 13.1. The molecular formula is C54H73NO15. The van der Waals surface area contributed by atoms with Crippen LogP contribution in [0.2, 0.25) is 0 Å². The van der Waals surface area contributed by atoms with Crippen molar-refractivity contribution in [3.05, 3.63) is 70.8 Å². The van der Waals surface area contributed by atoms with E-state index in [9.17, 15) is 24.6 Å². The van der Waals surface area contributed by atoms with Crippen molar-refractivity contribution in [2.45, 2.75) is 180 Å². The number of benzene rings is 2. The maximum Gasteiger partial charge on any atom is 0.412 e. The van der Waals surface area contributed by atoms with E-state index in [0.717, 1.165) is 0 Å². The molecule has 0 aromatic heterocycles. The van der Waals surface area contributed by atoms with E-state index < -0.39 is 113 Å². The Balaban J connectivity index is 1.28. The molecule has 2 aromatic rings. The van der Waals surface area contributed by atoms with Crippen LogP contribution in [0.4, 0.5) is 4.79 Å². The number of aliphatic hydroxyl groups excluding tert-OH is 1. The number of esters is 2. The van der Waals surface area contributed by atoms with Crippen molar-refractivity contribution in [1.82, 2.24) is 4.90 Å². The molecule has 2 N–H and O–H groups in total. The number of methoxy groups -OCH3 is 2. The van der Waals surface area contributed by atoms with E-state index in [0.29, 0.717) is 47.5 Å². The second kappa shape index (κ2) is 18.8. The van der Waals surface area contributed by atoms with Gasteiger partial charge in [-0.2, -0.15) is 0 Å². The van der Waals surface area contributed by atoms with Gasteiger partial charge >= 0.3 is 18.0 Å². The fourth-order valence-corrected chi connectivity index (χ4v) is 13.1. The number of hydrogen-bond acceptors (Lipinski definition) is 15. The minimum Gasteiger partial charge on any atom is -0.497 e. The maximum atomic E-state index is 15.5. The van der Waals surface area contributed by atoms with E-state index in [1.165, 1.54) is 26.0 Å². The molecule has 8 rings (SSSR count). The number of allylic oxidation sites excluding steroid dienone is 1. The third-order valence-electron chi connectivity index (χ3n) is 16.1. The van der Waals surface area contributed by atoms with Crippen LogP contribution in [0.3, 0.4) is 0 Å². The molecule has 3 saturated heterocycles. The minimum atomic E-state index is -1.78. The number of ether oxygens (including phenoxy) is 9. The van der Waals surface area contributed by atoms with Crippen LogP contribution < -0.4 is 9.47 Å². The van der Waals surface area contributed by atoms with Gasteiger partial charge in [0.15, 0.2) is 23.9 Å². The summed E-state index contributed by atoms with van der Waals surface area (Å²) in [6.45, 7) is 19.6. The van der Waals surface area contributed by atoms with Crippen molar-refractivity contribution in [3.63, 3.8) is 0 Å². The van der Waals surface area contributed by atoms with E-state index in [1.807, 2.05) is 34.6 Å². The zero-order valence-electron chi connectivity index (χ0n) is 42.9. The first-order valence-electron chi connectivity index (χ1n) is 24.8. The third kappa shape index (κ3) is 8.51. The topological polar surface area (TPSA) is 195 Å². The smallest absolute Gasteiger partial charge is 0.412 e. The Labute approximate surface area is 411 Å². The van der Waals surface area contributed by atoms with Crippen LogP contribution in [0, 0.1) is 28.6 Å². The minimum absolute atomic E-state index is 0.00451. The predicted octanol–water partition coefficient (Wildman–Crippen LogP) is 7.65. The first-order valence-corrected chi connectivity index (χ1v) is 24.8. The second-order valence-corrected chi connectivity index (χ2v) is 22.4. The molecule has 0 radical (unpaired) electrons.